The van der Waals surface area contributed by atoms with Crippen LogP contribution in [0.15, 0.2) is 12.3 Å². The van der Waals surface area contributed by atoms with Gasteiger partial charge in [0.15, 0.2) is 0 Å². The Bertz CT molecular complexity index is 312. The lowest BCUT2D eigenvalue weighted by Gasteiger charge is -2.32. The predicted molar refractivity (Wildman–Crippen MR) is 68.8 cm³/mol. The van der Waals surface area contributed by atoms with Crippen LogP contribution in [0.5, 0.6) is 0 Å². The van der Waals surface area contributed by atoms with E-state index in [4.69, 9.17) is 0 Å². The van der Waals surface area contributed by atoms with Crippen molar-refractivity contribution >= 4 is 11.8 Å². The molecule has 0 aliphatic rings. The van der Waals surface area contributed by atoms with Crippen molar-refractivity contribution in [3.8, 4) is 0 Å². The van der Waals surface area contributed by atoms with E-state index in [1.807, 2.05) is 13.1 Å². The van der Waals surface area contributed by atoms with Gasteiger partial charge in [-0.05, 0) is 25.3 Å². The van der Waals surface area contributed by atoms with E-state index < -0.39 is 0 Å². The molecule has 0 atom stereocenters. The number of anilines is 2. The minimum atomic E-state index is 0.152. The third kappa shape index (κ3) is 2.84. The van der Waals surface area contributed by atoms with E-state index in [-0.39, 0.29) is 5.54 Å². The average Bonchev–Trinajstić information content (AvgIpc) is 2.36. The van der Waals surface area contributed by atoms with Crippen LogP contribution in [0, 0.1) is 0 Å². The lowest BCUT2D eigenvalue weighted by Crippen LogP contribution is -2.36. The average molecular weight is 222 g/mol. The SMILES string of the molecule is CCC(CC)(CC)Nc1ccnc(NC)n1. The van der Waals surface area contributed by atoms with Gasteiger partial charge in [-0.3, -0.25) is 0 Å². The third-order valence-corrected chi connectivity index (χ3v) is 3.30. The van der Waals surface area contributed by atoms with Gasteiger partial charge in [0.1, 0.15) is 5.82 Å². The zero-order chi connectivity index (χ0) is 12.0. The maximum atomic E-state index is 4.39. The molecule has 0 saturated heterocycles. The van der Waals surface area contributed by atoms with Crippen molar-refractivity contribution in [1.82, 2.24) is 9.97 Å². The molecule has 1 aromatic heterocycles. The van der Waals surface area contributed by atoms with Crippen molar-refractivity contribution in [2.24, 2.45) is 0 Å². The molecular formula is C12H22N4. The second-order valence-electron chi connectivity index (χ2n) is 3.98. The molecule has 0 radical (unpaired) electrons. The van der Waals surface area contributed by atoms with Crippen molar-refractivity contribution in [3.63, 3.8) is 0 Å². The summed E-state index contributed by atoms with van der Waals surface area (Å²) in [7, 11) is 1.83. The Morgan fingerprint density at radius 2 is 1.81 bits per heavy atom. The third-order valence-electron chi connectivity index (χ3n) is 3.30. The largest absolute Gasteiger partial charge is 0.365 e. The zero-order valence-corrected chi connectivity index (χ0v) is 10.7. The van der Waals surface area contributed by atoms with Gasteiger partial charge in [0.25, 0.3) is 0 Å². The van der Waals surface area contributed by atoms with Gasteiger partial charge >= 0.3 is 0 Å². The van der Waals surface area contributed by atoms with Crippen LogP contribution < -0.4 is 10.6 Å². The Morgan fingerprint density at radius 3 is 2.31 bits per heavy atom. The van der Waals surface area contributed by atoms with Gasteiger partial charge in [0.2, 0.25) is 5.95 Å². The van der Waals surface area contributed by atoms with Crippen LogP contribution >= 0.6 is 0 Å². The maximum Gasteiger partial charge on any atom is 0.224 e. The Hall–Kier alpha value is -1.32. The van der Waals surface area contributed by atoms with E-state index in [1.54, 1.807) is 6.20 Å². The molecule has 0 unspecified atom stereocenters. The number of hydrogen-bond acceptors (Lipinski definition) is 4. The monoisotopic (exact) mass is 222 g/mol. The normalized spacial score (nSPS) is 11.2. The molecule has 0 aliphatic heterocycles. The standard InChI is InChI=1S/C12H22N4/c1-5-12(6-2,7-3)16-10-8-9-14-11(13-4)15-10/h8-9H,5-7H2,1-4H3,(H2,13,14,15,16). The smallest absolute Gasteiger partial charge is 0.224 e. The van der Waals surface area contributed by atoms with Crippen LogP contribution in [0.1, 0.15) is 40.0 Å². The molecule has 90 valence electrons. The fraction of sp³-hybridized carbons (Fsp3) is 0.667. The molecular weight excluding hydrogens is 200 g/mol. The summed E-state index contributed by atoms with van der Waals surface area (Å²) in [5, 5.41) is 6.47. The molecule has 0 spiro atoms. The molecule has 1 rings (SSSR count). The van der Waals surface area contributed by atoms with Gasteiger partial charge in [0, 0.05) is 18.8 Å². The molecule has 4 nitrogen and oxygen atoms in total. The summed E-state index contributed by atoms with van der Waals surface area (Å²) in [6.45, 7) is 6.63. The van der Waals surface area contributed by atoms with Crippen LogP contribution in [0.4, 0.5) is 11.8 Å². The highest BCUT2D eigenvalue weighted by Crippen LogP contribution is 2.24. The predicted octanol–water partition coefficient (Wildman–Crippen LogP) is 2.90. The fourth-order valence-corrected chi connectivity index (χ4v) is 1.84. The molecule has 4 heteroatoms. The number of aromatic nitrogens is 2. The summed E-state index contributed by atoms with van der Waals surface area (Å²) in [5.74, 6) is 1.55. The van der Waals surface area contributed by atoms with Crippen LogP contribution in [-0.2, 0) is 0 Å². The van der Waals surface area contributed by atoms with E-state index in [2.05, 4.69) is 41.4 Å². The summed E-state index contributed by atoms with van der Waals surface area (Å²) < 4.78 is 0. The van der Waals surface area contributed by atoms with Gasteiger partial charge < -0.3 is 10.6 Å². The van der Waals surface area contributed by atoms with Gasteiger partial charge in [0.05, 0.1) is 0 Å². The van der Waals surface area contributed by atoms with Crippen LogP contribution in [0.2, 0.25) is 0 Å². The Balaban J connectivity index is 2.84. The summed E-state index contributed by atoms with van der Waals surface area (Å²) in [6, 6.07) is 1.91. The second kappa shape index (κ2) is 5.68. The Morgan fingerprint density at radius 1 is 1.19 bits per heavy atom. The highest BCUT2D eigenvalue weighted by atomic mass is 15.1. The summed E-state index contributed by atoms with van der Waals surface area (Å²) in [6.07, 6.45) is 5.06. The van der Waals surface area contributed by atoms with Crippen molar-refractivity contribution < 1.29 is 0 Å². The Labute approximate surface area is 97.9 Å². The van der Waals surface area contributed by atoms with Gasteiger partial charge in [-0.15, -0.1) is 0 Å². The lowest BCUT2D eigenvalue weighted by molar-refractivity contribution is 0.419. The first kappa shape index (κ1) is 12.7. The molecule has 2 N–H and O–H groups in total. The van der Waals surface area contributed by atoms with Crippen molar-refractivity contribution in [1.29, 1.82) is 0 Å². The zero-order valence-electron chi connectivity index (χ0n) is 10.7. The first-order valence-corrected chi connectivity index (χ1v) is 5.98. The van der Waals surface area contributed by atoms with Crippen molar-refractivity contribution in [2.75, 3.05) is 17.7 Å². The summed E-state index contributed by atoms with van der Waals surface area (Å²) in [5.41, 5.74) is 0.152. The van der Waals surface area contributed by atoms with Gasteiger partial charge in [-0.25, -0.2) is 4.98 Å². The fourth-order valence-electron chi connectivity index (χ4n) is 1.84. The molecule has 1 aromatic rings. The molecule has 0 amide bonds. The maximum absolute atomic E-state index is 4.39. The number of rotatable bonds is 6. The molecule has 0 bridgehead atoms. The van der Waals surface area contributed by atoms with Crippen molar-refractivity contribution in [2.45, 2.75) is 45.6 Å². The minimum Gasteiger partial charge on any atom is -0.365 e. The van der Waals surface area contributed by atoms with E-state index in [9.17, 15) is 0 Å². The van der Waals surface area contributed by atoms with Gasteiger partial charge in [-0.2, -0.15) is 4.98 Å². The van der Waals surface area contributed by atoms with Crippen LogP contribution in [0.25, 0.3) is 0 Å². The summed E-state index contributed by atoms with van der Waals surface area (Å²) >= 11 is 0. The number of hydrogen-bond donors (Lipinski definition) is 2. The number of nitrogens with zero attached hydrogens (tertiary/aromatic N) is 2. The van der Waals surface area contributed by atoms with E-state index in [0.29, 0.717) is 5.95 Å². The van der Waals surface area contributed by atoms with Crippen LogP contribution in [0.3, 0.4) is 0 Å². The molecule has 16 heavy (non-hydrogen) atoms. The highest BCUT2D eigenvalue weighted by Gasteiger charge is 2.23. The van der Waals surface area contributed by atoms with Crippen molar-refractivity contribution in [3.05, 3.63) is 12.3 Å². The first-order chi connectivity index (χ1) is 7.69. The van der Waals surface area contributed by atoms with E-state index in [1.165, 1.54) is 0 Å². The highest BCUT2D eigenvalue weighted by molar-refractivity contribution is 5.41. The molecule has 0 fully saturated rings. The Kier molecular flexibility index (Phi) is 4.52. The topological polar surface area (TPSA) is 49.8 Å². The second-order valence-corrected chi connectivity index (χ2v) is 3.98. The van der Waals surface area contributed by atoms with E-state index >= 15 is 0 Å². The molecule has 0 saturated carbocycles. The number of nitrogens with one attached hydrogen (secondary N) is 2. The molecule has 0 aromatic carbocycles. The molecule has 0 aliphatic carbocycles. The summed E-state index contributed by atoms with van der Waals surface area (Å²) in [4.78, 5) is 8.49. The van der Waals surface area contributed by atoms with Crippen LogP contribution in [-0.4, -0.2) is 22.6 Å². The lowest BCUT2D eigenvalue weighted by atomic mass is 9.90. The quantitative estimate of drug-likeness (QED) is 0.777. The minimum absolute atomic E-state index is 0.152. The first-order valence-electron chi connectivity index (χ1n) is 5.98. The molecule has 1 heterocycles. The van der Waals surface area contributed by atoms with E-state index in [0.717, 1.165) is 25.1 Å². The van der Waals surface area contributed by atoms with Gasteiger partial charge in [-0.1, -0.05) is 20.8 Å².